The molecule has 3 aromatic rings. The number of alkyl halides is 1. The summed E-state index contributed by atoms with van der Waals surface area (Å²) in [5, 5.41) is 2.02. The van der Waals surface area contributed by atoms with E-state index < -0.39 is 41.6 Å². The summed E-state index contributed by atoms with van der Waals surface area (Å²) < 4.78 is 30.7. The zero-order chi connectivity index (χ0) is 28.4. The van der Waals surface area contributed by atoms with E-state index in [-0.39, 0.29) is 6.61 Å². The molecule has 1 fully saturated rings. The largest absolute Gasteiger partial charge is 0.444 e. The SMILES string of the molecule is CC(C)(C)OC(=O)NC1O[C@H](COCc2ccccc2)[C@@H](OCc2ccccc2)[C@H](OCc2ccccc2)C1Cl. The van der Waals surface area contributed by atoms with Crippen LogP contribution in [-0.4, -0.2) is 48.2 Å². The number of alkyl carbamates (subject to hydrolysis) is 1. The van der Waals surface area contributed by atoms with E-state index in [4.69, 9.17) is 35.3 Å². The number of carbonyl (C=O) groups excluding carboxylic acids is 1. The molecule has 1 heterocycles. The van der Waals surface area contributed by atoms with Gasteiger partial charge in [-0.25, -0.2) is 4.79 Å². The van der Waals surface area contributed by atoms with E-state index >= 15 is 0 Å². The van der Waals surface area contributed by atoms with E-state index in [1.165, 1.54) is 0 Å². The standard InChI is InChI=1S/C32H38ClNO6/c1-32(2,3)40-31(35)34-30-27(33)29(38-21-25-17-11-6-12-18-25)28(37-20-24-15-9-5-10-16-24)26(39-30)22-36-19-23-13-7-4-8-14-23/h4-18,26-30H,19-22H2,1-3H3,(H,34,35)/t26-,27?,28-,29-,30?/m1/s1. The third kappa shape index (κ3) is 9.32. The minimum atomic E-state index is -0.890. The Morgan fingerprint density at radius 2 is 1.25 bits per heavy atom. The van der Waals surface area contributed by atoms with E-state index in [1.807, 2.05) is 91.0 Å². The van der Waals surface area contributed by atoms with Gasteiger partial charge in [-0.15, -0.1) is 11.6 Å². The van der Waals surface area contributed by atoms with Crippen molar-refractivity contribution < 1.29 is 28.5 Å². The normalized spacial score (nSPS) is 22.9. The quantitative estimate of drug-likeness (QED) is 0.277. The van der Waals surface area contributed by atoms with Crippen molar-refractivity contribution in [2.75, 3.05) is 6.61 Å². The van der Waals surface area contributed by atoms with Crippen LogP contribution >= 0.6 is 11.6 Å². The second-order valence-electron chi connectivity index (χ2n) is 10.7. The smallest absolute Gasteiger partial charge is 0.409 e. The molecule has 1 saturated heterocycles. The Labute approximate surface area is 241 Å². The maximum absolute atomic E-state index is 12.7. The van der Waals surface area contributed by atoms with Gasteiger partial charge in [0.2, 0.25) is 0 Å². The topological polar surface area (TPSA) is 75.3 Å². The second kappa shape index (κ2) is 14.6. The number of halogens is 1. The molecule has 5 atom stereocenters. The number of hydrogen-bond acceptors (Lipinski definition) is 6. The van der Waals surface area contributed by atoms with E-state index in [0.29, 0.717) is 19.8 Å². The van der Waals surface area contributed by atoms with Crippen LogP contribution in [0.15, 0.2) is 91.0 Å². The van der Waals surface area contributed by atoms with Crippen molar-refractivity contribution in [2.24, 2.45) is 0 Å². The maximum atomic E-state index is 12.7. The van der Waals surface area contributed by atoms with E-state index in [1.54, 1.807) is 20.8 Å². The van der Waals surface area contributed by atoms with Crippen molar-refractivity contribution >= 4 is 17.7 Å². The van der Waals surface area contributed by atoms with Crippen LogP contribution in [0.1, 0.15) is 37.5 Å². The lowest BCUT2D eigenvalue weighted by molar-refractivity contribution is -0.222. The van der Waals surface area contributed by atoms with Crippen LogP contribution in [0.4, 0.5) is 4.79 Å². The molecule has 3 aromatic carbocycles. The number of hydrogen-bond donors (Lipinski definition) is 1. The predicted molar refractivity (Wildman–Crippen MR) is 154 cm³/mol. The monoisotopic (exact) mass is 567 g/mol. The summed E-state index contributed by atoms with van der Waals surface area (Å²) in [6.45, 7) is 6.65. The molecular weight excluding hydrogens is 530 g/mol. The van der Waals surface area contributed by atoms with Crippen LogP contribution in [0.25, 0.3) is 0 Å². The molecule has 40 heavy (non-hydrogen) atoms. The van der Waals surface area contributed by atoms with Crippen molar-refractivity contribution in [1.29, 1.82) is 0 Å². The summed E-state index contributed by atoms with van der Waals surface area (Å²) in [5.41, 5.74) is 2.36. The average Bonchev–Trinajstić information content (AvgIpc) is 2.94. The number of nitrogens with one attached hydrogen (secondary N) is 1. The van der Waals surface area contributed by atoms with Crippen LogP contribution < -0.4 is 5.32 Å². The molecule has 1 amide bonds. The minimum absolute atomic E-state index is 0.204. The molecule has 1 aliphatic rings. The molecule has 7 nitrogen and oxygen atoms in total. The molecule has 0 radical (unpaired) electrons. The molecule has 0 spiro atoms. The van der Waals surface area contributed by atoms with Crippen molar-refractivity contribution in [2.45, 2.75) is 76.1 Å². The molecule has 1 N–H and O–H groups in total. The van der Waals surface area contributed by atoms with Crippen molar-refractivity contribution in [3.05, 3.63) is 108 Å². The number of benzene rings is 3. The van der Waals surface area contributed by atoms with E-state index in [2.05, 4.69) is 5.32 Å². The molecule has 1 aliphatic heterocycles. The van der Waals surface area contributed by atoms with Gasteiger partial charge >= 0.3 is 6.09 Å². The highest BCUT2D eigenvalue weighted by Crippen LogP contribution is 2.31. The highest BCUT2D eigenvalue weighted by atomic mass is 35.5. The molecule has 0 aliphatic carbocycles. The predicted octanol–water partition coefficient (Wildman–Crippen LogP) is 6.23. The van der Waals surface area contributed by atoms with Crippen molar-refractivity contribution in [3.8, 4) is 0 Å². The zero-order valence-electron chi connectivity index (χ0n) is 23.2. The Balaban J connectivity index is 1.54. The Hall–Kier alpha value is -2.94. The molecule has 0 bridgehead atoms. The lowest BCUT2D eigenvalue weighted by Crippen LogP contribution is -2.63. The zero-order valence-corrected chi connectivity index (χ0v) is 24.0. The van der Waals surface area contributed by atoms with Crippen molar-refractivity contribution in [3.63, 3.8) is 0 Å². The van der Waals surface area contributed by atoms with E-state index in [0.717, 1.165) is 16.7 Å². The van der Waals surface area contributed by atoms with Gasteiger partial charge in [0.15, 0.2) is 6.23 Å². The second-order valence-corrected chi connectivity index (χ2v) is 11.2. The van der Waals surface area contributed by atoms with Crippen LogP contribution in [0.3, 0.4) is 0 Å². The molecule has 4 rings (SSSR count). The highest BCUT2D eigenvalue weighted by molar-refractivity contribution is 6.21. The number of ether oxygens (including phenoxy) is 5. The lowest BCUT2D eigenvalue weighted by atomic mass is 9.99. The summed E-state index contributed by atoms with van der Waals surface area (Å²) >= 11 is 6.96. The Bertz CT molecular complexity index is 1160. The van der Waals surface area contributed by atoms with Gasteiger partial charge in [-0.2, -0.15) is 0 Å². The molecule has 8 heteroatoms. The first kappa shape index (κ1) is 30.0. The van der Waals surface area contributed by atoms with Gasteiger partial charge < -0.3 is 23.7 Å². The van der Waals surface area contributed by atoms with Gasteiger partial charge in [0.05, 0.1) is 26.4 Å². The molecule has 2 unspecified atom stereocenters. The summed E-state index contributed by atoms with van der Waals surface area (Å²) in [5.74, 6) is 0. The van der Waals surface area contributed by atoms with Crippen LogP contribution in [0, 0.1) is 0 Å². The summed E-state index contributed by atoms with van der Waals surface area (Å²) in [4.78, 5) is 12.7. The first-order valence-corrected chi connectivity index (χ1v) is 13.9. The fourth-order valence-electron chi connectivity index (χ4n) is 4.37. The Kier molecular flexibility index (Phi) is 11.0. The number of rotatable bonds is 11. The van der Waals surface area contributed by atoms with E-state index in [9.17, 15) is 4.79 Å². The van der Waals surface area contributed by atoms with Crippen LogP contribution in [0.5, 0.6) is 0 Å². The number of amides is 1. The Morgan fingerprint density at radius 1 is 0.775 bits per heavy atom. The summed E-state index contributed by atoms with van der Waals surface area (Å²) in [6.07, 6.45) is -3.29. The molecule has 0 saturated carbocycles. The lowest BCUT2D eigenvalue weighted by Gasteiger charge is -2.44. The number of carbonyl (C=O) groups is 1. The van der Waals surface area contributed by atoms with Gasteiger partial charge in [-0.3, -0.25) is 5.32 Å². The van der Waals surface area contributed by atoms with Gasteiger partial charge in [-0.05, 0) is 37.5 Å². The first-order valence-electron chi connectivity index (χ1n) is 13.5. The fraction of sp³-hybridized carbons (Fsp3) is 0.406. The Morgan fingerprint density at radius 3 is 1.75 bits per heavy atom. The average molecular weight is 568 g/mol. The maximum Gasteiger partial charge on any atom is 0.409 e. The minimum Gasteiger partial charge on any atom is -0.444 e. The van der Waals surface area contributed by atoms with Gasteiger partial charge in [0.1, 0.15) is 29.3 Å². The van der Waals surface area contributed by atoms with Crippen LogP contribution in [-0.2, 0) is 43.5 Å². The van der Waals surface area contributed by atoms with Gasteiger partial charge in [0.25, 0.3) is 0 Å². The van der Waals surface area contributed by atoms with Gasteiger partial charge in [-0.1, -0.05) is 91.0 Å². The third-order valence-electron chi connectivity index (χ3n) is 6.24. The van der Waals surface area contributed by atoms with Crippen LogP contribution in [0.2, 0.25) is 0 Å². The summed E-state index contributed by atoms with van der Waals surface area (Å²) in [7, 11) is 0. The molecule has 0 aromatic heterocycles. The highest BCUT2D eigenvalue weighted by Gasteiger charge is 2.47. The molecule has 214 valence electrons. The van der Waals surface area contributed by atoms with Gasteiger partial charge in [0, 0.05) is 0 Å². The molecular formula is C32H38ClNO6. The van der Waals surface area contributed by atoms with Crippen molar-refractivity contribution in [1.82, 2.24) is 5.32 Å². The summed E-state index contributed by atoms with van der Waals surface area (Å²) in [6, 6.07) is 29.6. The third-order valence-corrected chi connectivity index (χ3v) is 6.72. The fourth-order valence-corrected chi connectivity index (χ4v) is 4.71. The first-order chi connectivity index (χ1) is 19.3.